The molecule has 0 aliphatic carbocycles. The Morgan fingerprint density at radius 2 is 2.11 bits per heavy atom. The maximum absolute atomic E-state index is 12.7. The van der Waals surface area contributed by atoms with Gasteiger partial charge in [-0.05, 0) is 39.2 Å². The summed E-state index contributed by atoms with van der Waals surface area (Å²) in [4.78, 5) is 18.9. The largest absolute Gasteiger partial charge is 0.476 e. The van der Waals surface area contributed by atoms with Crippen molar-refractivity contribution in [2.75, 3.05) is 45.8 Å². The fraction of sp³-hybridized carbons (Fsp3) is 0.474. The summed E-state index contributed by atoms with van der Waals surface area (Å²) in [7, 11) is 3.96. The van der Waals surface area contributed by atoms with Gasteiger partial charge in [0.2, 0.25) is 18.1 Å². The van der Waals surface area contributed by atoms with Gasteiger partial charge in [0, 0.05) is 12.6 Å². The standard InChI is InChI=1S/C19H25N3O5/c1-19(12-26-17(27-13-19)15-5-4-9-24-15)18(23)21-14-6-7-16(20-11-14)25-10-8-22(2)3/h4-7,9,11,17H,8,10,12-13H2,1-3H3,(H,21,23). The van der Waals surface area contributed by atoms with Crippen LogP contribution < -0.4 is 10.1 Å². The average Bonchev–Trinajstić information content (AvgIpc) is 3.18. The number of nitrogens with zero attached hydrogens (tertiary/aromatic N) is 2. The summed E-state index contributed by atoms with van der Waals surface area (Å²) in [6, 6.07) is 7.04. The van der Waals surface area contributed by atoms with Gasteiger partial charge in [0.15, 0.2) is 5.76 Å². The zero-order chi connectivity index (χ0) is 19.3. The third-order valence-electron chi connectivity index (χ3n) is 4.21. The first-order valence-corrected chi connectivity index (χ1v) is 8.78. The van der Waals surface area contributed by atoms with E-state index < -0.39 is 11.7 Å². The maximum atomic E-state index is 12.7. The van der Waals surface area contributed by atoms with Crippen LogP contribution in [0.15, 0.2) is 41.1 Å². The number of ether oxygens (including phenoxy) is 3. The van der Waals surface area contributed by atoms with E-state index in [0.717, 1.165) is 6.54 Å². The van der Waals surface area contributed by atoms with E-state index in [4.69, 9.17) is 18.6 Å². The predicted molar refractivity (Wildman–Crippen MR) is 98.4 cm³/mol. The second-order valence-electron chi connectivity index (χ2n) is 7.02. The molecule has 27 heavy (non-hydrogen) atoms. The van der Waals surface area contributed by atoms with Crippen molar-refractivity contribution < 1.29 is 23.4 Å². The molecule has 0 bridgehead atoms. The molecule has 8 heteroatoms. The lowest BCUT2D eigenvalue weighted by Crippen LogP contribution is -2.45. The van der Waals surface area contributed by atoms with Gasteiger partial charge in [0.1, 0.15) is 6.61 Å². The molecule has 2 aromatic rings. The molecule has 8 nitrogen and oxygen atoms in total. The fourth-order valence-electron chi connectivity index (χ4n) is 2.48. The van der Waals surface area contributed by atoms with Gasteiger partial charge in [-0.3, -0.25) is 4.79 Å². The number of furan rings is 1. The van der Waals surface area contributed by atoms with Crippen molar-refractivity contribution in [3.05, 3.63) is 42.5 Å². The Labute approximate surface area is 158 Å². The molecule has 1 saturated heterocycles. The molecule has 1 aliphatic rings. The van der Waals surface area contributed by atoms with Crippen molar-refractivity contribution in [2.45, 2.75) is 13.2 Å². The molecule has 0 radical (unpaired) electrons. The van der Waals surface area contributed by atoms with Gasteiger partial charge in [0.25, 0.3) is 0 Å². The Hall–Kier alpha value is -2.42. The van der Waals surface area contributed by atoms with Gasteiger partial charge < -0.3 is 28.8 Å². The van der Waals surface area contributed by atoms with Crippen LogP contribution in [-0.2, 0) is 14.3 Å². The number of nitrogens with one attached hydrogen (secondary N) is 1. The van der Waals surface area contributed by atoms with Gasteiger partial charge in [-0.1, -0.05) is 0 Å². The molecular formula is C19H25N3O5. The van der Waals surface area contributed by atoms with Crippen molar-refractivity contribution in [1.29, 1.82) is 0 Å². The van der Waals surface area contributed by atoms with Gasteiger partial charge in [-0.25, -0.2) is 4.98 Å². The molecule has 0 unspecified atom stereocenters. The summed E-state index contributed by atoms with van der Waals surface area (Å²) in [5, 5.41) is 2.85. The number of amides is 1. The van der Waals surface area contributed by atoms with E-state index in [2.05, 4.69) is 10.3 Å². The Balaban J connectivity index is 1.51. The maximum Gasteiger partial charge on any atom is 0.235 e. The van der Waals surface area contributed by atoms with E-state index in [1.54, 1.807) is 43.6 Å². The first-order chi connectivity index (χ1) is 13.0. The number of aromatic nitrogens is 1. The molecule has 0 spiro atoms. The summed E-state index contributed by atoms with van der Waals surface area (Å²) in [6.45, 7) is 3.60. The van der Waals surface area contributed by atoms with Crippen LogP contribution in [0.3, 0.4) is 0 Å². The highest BCUT2D eigenvalue weighted by Crippen LogP contribution is 2.32. The van der Waals surface area contributed by atoms with Gasteiger partial charge in [0.05, 0.1) is 36.8 Å². The molecule has 0 atom stereocenters. The molecule has 1 aliphatic heterocycles. The number of hydrogen-bond acceptors (Lipinski definition) is 7. The minimum absolute atomic E-state index is 0.191. The highest BCUT2D eigenvalue weighted by atomic mass is 16.7. The quantitative estimate of drug-likeness (QED) is 0.795. The first kappa shape index (κ1) is 19.3. The van der Waals surface area contributed by atoms with E-state index in [1.165, 1.54) is 0 Å². The molecule has 146 valence electrons. The lowest BCUT2D eigenvalue weighted by Gasteiger charge is -2.35. The second kappa shape index (κ2) is 8.51. The predicted octanol–water partition coefficient (Wildman–Crippen LogP) is 2.31. The number of rotatable bonds is 7. The van der Waals surface area contributed by atoms with Gasteiger partial charge in [-0.2, -0.15) is 0 Å². The number of likely N-dealkylation sites (N-methyl/N-ethyl adjacent to an activating group) is 1. The third kappa shape index (κ3) is 5.06. The van der Waals surface area contributed by atoms with Crippen LogP contribution in [0.5, 0.6) is 5.88 Å². The lowest BCUT2D eigenvalue weighted by molar-refractivity contribution is -0.232. The number of anilines is 1. The summed E-state index contributed by atoms with van der Waals surface area (Å²) >= 11 is 0. The Morgan fingerprint density at radius 1 is 1.33 bits per heavy atom. The molecule has 0 aromatic carbocycles. The van der Waals surface area contributed by atoms with Crippen molar-refractivity contribution in [3.8, 4) is 5.88 Å². The Kier molecular flexibility index (Phi) is 6.10. The molecule has 2 aromatic heterocycles. The minimum Gasteiger partial charge on any atom is -0.476 e. The van der Waals surface area contributed by atoms with Crippen LogP contribution in [0.25, 0.3) is 0 Å². The van der Waals surface area contributed by atoms with E-state index in [1.807, 2.05) is 19.0 Å². The third-order valence-corrected chi connectivity index (χ3v) is 4.21. The van der Waals surface area contributed by atoms with E-state index in [0.29, 0.717) is 23.9 Å². The first-order valence-electron chi connectivity index (χ1n) is 8.78. The number of hydrogen-bond donors (Lipinski definition) is 1. The second-order valence-corrected chi connectivity index (χ2v) is 7.02. The summed E-state index contributed by atoms with van der Waals surface area (Å²) in [6.07, 6.45) is 2.55. The van der Waals surface area contributed by atoms with Crippen LogP contribution >= 0.6 is 0 Å². The monoisotopic (exact) mass is 375 g/mol. The van der Waals surface area contributed by atoms with Crippen molar-refractivity contribution in [3.63, 3.8) is 0 Å². The molecule has 1 N–H and O–H groups in total. The van der Waals surface area contributed by atoms with Gasteiger partial charge >= 0.3 is 0 Å². The molecule has 3 heterocycles. The highest BCUT2D eigenvalue weighted by Gasteiger charge is 2.40. The SMILES string of the molecule is CN(C)CCOc1ccc(NC(=O)C2(C)COC(c3ccco3)OC2)cn1. The van der Waals surface area contributed by atoms with Crippen LogP contribution in [0.4, 0.5) is 5.69 Å². The highest BCUT2D eigenvalue weighted by molar-refractivity contribution is 5.95. The molecule has 3 rings (SSSR count). The van der Waals surface area contributed by atoms with Gasteiger partial charge in [-0.15, -0.1) is 0 Å². The fourth-order valence-corrected chi connectivity index (χ4v) is 2.48. The summed E-state index contributed by atoms with van der Waals surface area (Å²) < 4.78 is 22.1. The molecular weight excluding hydrogens is 350 g/mol. The smallest absolute Gasteiger partial charge is 0.235 e. The van der Waals surface area contributed by atoms with Crippen molar-refractivity contribution >= 4 is 11.6 Å². The van der Waals surface area contributed by atoms with Crippen LogP contribution in [0, 0.1) is 5.41 Å². The number of carbonyl (C=O) groups is 1. The molecule has 0 saturated carbocycles. The van der Waals surface area contributed by atoms with Crippen LogP contribution in [0.2, 0.25) is 0 Å². The topological polar surface area (TPSA) is 86.1 Å². The zero-order valence-corrected chi connectivity index (χ0v) is 15.8. The normalized spacial score (nSPS) is 22.6. The van der Waals surface area contributed by atoms with Crippen LogP contribution in [0.1, 0.15) is 19.0 Å². The molecule has 1 amide bonds. The van der Waals surface area contributed by atoms with Crippen molar-refractivity contribution in [1.82, 2.24) is 9.88 Å². The van der Waals surface area contributed by atoms with Crippen molar-refractivity contribution in [2.24, 2.45) is 5.41 Å². The average molecular weight is 375 g/mol. The van der Waals surface area contributed by atoms with Crippen LogP contribution in [-0.4, -0.2) is 56.3 Å². The Morgan fingerprint density at radius 3 is 2.70 bits per heavy atom. The number of pyridine rings is 1. The minimum atomic E-state index is -0.802. The summed E-state index contributed by atoms with van der Waals surface area (Å²) in [5.41, 5.74) is -0.210. The zero-order valence-electron chi connectivity index (χ0n) is 15.8. The van der Waals surface area contributed by atoms with E-state index in [9.17, 15) is 4.79 Å². The van der Waals surface area contributed by atoms with E-state index in [-0.39, 0.29) is 19.1 Å². The molecule has 1 fully saturated rings. The lowest BCUT2D eigenvalue weighted by atomic mass is 9.91. The summed E-state index contributed by atoms with van der Waals surface area (Å²) in [5.74, 6) is 0.918. The Bertz CT molecular complexity index is 722. The number of carbonyl (C=O) groups excluding carboxylic acids is 1. The van der Waals surface area contributed by atoms with E-state index >= 15 is 0 Å².